The summed E-state index contributed by atoms with van der Waals surface area (Å²) in [6, 6.07) is 5.06. The molecule has 1 aromatic heterocycles. The van der Waals surface area contributed by atoms with Crippen LogP contribution in [0.3, 0.4) is 0 Å². The number of nitriles is 1. The Hall–Kier alpha value is -1.79. The van der Waals surface area contributed by atoms with Crippen LogP contribution in [0, 0.1) is 14.9 Å². The first kappa shape index (κ1) is 17.6. The van der Waals surface area contributed by atoms with Gasteiger partial charge in [-0.05, 0) is 48.6 Å². The van der Waals surface area contributed by atoms with Crippen molar-refractivity contribution in [2.45, 2.75) is 19.4 Å². The Labute approximate surface area is 152 Å². The minimum atomic E-state index is -0.900. The van der Waals surface area contributed by atoms with E-state index in [1.165, 1.54) is 13.2 Å². The Kier molecular flexibility index (Phi) is 5.16. The molecule has 1 amide bonds. The molecule has 2 rings (SSSR count). The third-order valence-electron chi connectivity index (χ3n) is 3.31. The van der Waals surface area contributed by atoms with Crippen LogP contribution in [0.2, 0.25) is 5.02 Å². The summed E-state index contributed by atoms with van der Waals surface area (Å²) in [5.41, 5.74) is -0.225. The van der Waals surface area contributed by atoms with Crippen molar-refractivity contribution in [1.29, 1.82) is 5.26 Å². The lowest BCUT2D eigenvalue weighted by Gasteiger charge is -2.24. The zero-order valence-electron chi connectivity index (χ0n) is 12.7. The summed E-state index contributed by atoms with van der Waals surface area (Å²) in [4.78, 5) is 12.6. The van der Waals surface area contributed by atoms with E-state index < -0.39 is 5.54 Å². The van der Waals surface area contributed by atoms with Gasteiger partial charge in [0, 0.05) is 11.9 Å². The standard InChI is InChI=1S/C15H14ClIN4O2/c1-15(2,21-8-10(17)7-19-21)14(22)20-11-4-9(6-18)13(23-3)12(16)5-11/h4-5,7-8H,1-3H3,(H,20,22). The van der Waals surface area contributed by atoms with Gasteiger partial charge >= 0.3 is 0 Å². The Morgan fingerprint density at radius 3 is 2.74 bits per heavy atom. The molecule has 8 heteroatoms. The molecule has 0 radical (unpaired) electrons. The van der Waals surface area contributed by atoms with E-state index >= 15 is 0 Å². The van der Waals surface area contributed by atoms with Gasteiger partial charge < -0.3 is 10.1 Å². The molecule has 0 spiro atoms. The molecule has 1 heterocycles. The molecule has 2 aromatic rings. The van der Waals surface area contributed by atoms with E-state index in [0.717, 1.165) is 3.57 Å². The van der Waals surface area contributed by atoms with E-state index in [2.05, 4.69) is 33.0 Å². The van der Waals surface area contributed by atoms with Crippen molar-refractivity contribution in [2.24, 2.45) is 0 Å². The summed E-state index contributed by atoms with van der Waals surface area (Å²) in [5.74, 6) is 0.00943. The molecule has 0 saturated carbocycles. The number of aromatic nitrogens is 2. The topological polar surface area (TPSA) is 79.9 Å². The maximum Gasteiger partial charge on any atom is 0.251 e. The zero-order valence-corrected chi connectivity index (χ0v) is 15.6. The van der Waals surface area contributed by atoms with Crippen LogP contribution >= 0.6 is 34.2 Å². The Morgan fingerprint density at radius 2 is 2.22 bits per heavy atom. The van der Waals surface area contributed by atoms with Gasteiger partial charge in [0.1, 0.15) is 11.6 Å². The molecule has 0 atom stereocenters. The number of hydrogen-bond donors (Lipinski definition) is 1. The molecular weight excluding hydrogens is 431 g/mol. The SMILES string of the molecule is COc1c(Cl)cc(NC(=O)C(C)(C)n2cc(I)cn2)cc1C#N. The van der Waals surface area contributed by atoms with Gasteiger partial charge in [0.05, 0.1) is 27.5 Å². The molecule has 0 aliphatic heterocycles. The third kappa shape index (κ3) is 3.59. The van der Waals surface area contributed by atoms with Crippen LogP contribution in [-0.2, 0) is 10.3 Å². The Balaban J connectivity index is 2.30. The first-order valence-electron chi connectivity index (χ1n) is 6.59. The lowest BCUT2D eigenvalue weighted by Crippen LogP contribution is -2.40. The quantitative estimate of drug-likeness (QED) is 0.733. The molecule has 0 saturated heterocycles. The highest BCUT2D eigenvalue weighted by Crippen LogP contribution is 2.32. The third-order valence-corrected chi connectivity index (χ3v) is 4.14. The molecule has 1 N–H and O–H groups in total. The first-order chi connectivity index (χ1) is 10.8. The summed E-state index contributed by atoms with van der Waals surface area (Å²) in [7, 11) is 1.43. The van der Waals surface area contributed by atoms with Crippen LogP contribution in [0.5, 0.6) is 5.75 Å². The predicted octanol–water partition coefficient (Wildman–Crippen LogP) is 3.40. The number of benzene rings is 1. The van der Waals surface area contributed by atoms with Gasteiger partial charge in [0.2, 0.25) is 0 Å². The van der Waals surface area contributed by atoms with Gasteiger partial charge in [0.15, 0.2) is 5.75 Å². The average Bonchev–Trinajstić information content (AvgIpc) is 2.93. The molecule has 0 fully saturated rings. The summed E-state index contributed by atoms with van der Waals surface area (Å²) in [6.07, 6.45) is 3.45. The number of methoxy groups -OCH3 is 1. The summed E-state index contributed by atoms with van der Waals surface area (Å²) >= 11 is 8.21. The molecule has 120 valence electrons. The highest BCUT2D eigenvalue weighted by Gasteiger charge is 2.31. The largest absolute Gasteiger partial charge is 0.494 e. The number of ether oxygens (including phenoxy) is 1. The number of halogens is 2. The van der Waals surface area contributed by atoms with Crippen molar-refractivity contribution in [2.75, 3.05) is 12.4 Å². The second-order valence-electron chi connectivity index (χ2n) is 5.27. The predicted molar refractivity (Wildman–Crippen MR) is 95.6 cm³/mol. The molecule has 0 bridgehead atoms. The van der Waals surface area contributed by atoms with Crippen LogP contribution in [0.15, 0.2) is 24.5 Å². The van der Waals surface area contributed by atoms with Crippen molar-refractivity contribution in [3.63, 3.8) is 0 Å². The van der Waals surface area contributed by atoms with Crippen molar-refractivity contribution in [1.82, 2.24) is 9.78 Å². The van der Waals surface area contributed by atoms with Crippen LogP contribution in [-0.4, -0.2) is 22.8 Å². The maximum absolute atomic E-state index is 12.6. The fourth-order valence-corrected chi connectivity index (χ4v) is 2.64. The van der Waals surface area contributed by atoms with Gasteiger partial charge in [-0.15, -0.1) is 0 Å². The average molecular weight is 445 g/mol. The summed E-state index contributed by atoms with van der Waals surface area (Å²) < 4.78 is 7.60. The van der Waals surface area contributed by atoms with Crippen LogP contribution < -0.4 is 10.1 Å². The van der Waals surface area contributed by atoms with Gasteiger partial charge in [-0.2, -0.15) is 10.4 Å². The fraction of sp³-hybridized carbons (Fsp3) is 0.267. The monoisotopic (exact) mass is 444 g/mol. The lowest BCUT2D eigenvalue weighted by molar-refractivity contribution is -0.123. The Morgan fingerprint density at radius 1 is 1.52 bits per heavy atom. The molecule has 0 aliphatic carbocycles. The first-order valence-corrected chi connectivity index (χ1v) is 8.05. The van der Waals surface area contributed by atoms with Crippen molar-refractivity contribution in [3.8, 4) is 11.8 Å². The number of rotatable bonds is 4. The number of nitrogens with zero attached hydrogens (tertiary/aromatic N) is 3. The van der Waals surface area contributed by atoms with Crippen LogP contribution in [0.1, 0.15) is 19.4 Å². The molecule has 23 heavy (non-hydrogen) atoms. The second kappa shape index (κ2) is 6.76. The summed E-state index contributed by atoms with van der Waals surface area (Å²) in [6.45, 7) is 3.50. The van der Waals surface area contributed by atoms with E-state index in [9.17, 15) is 4.79 Å². The molecule has 0 unspecified atom stereocenters. The minimum Gasteiger partial charge on any atom is -0.494 e. The number of carbonyl (C=O) groups is 1. The number of carbonyl (C=O) groups excluding carboxylic acids is 1. The van der Waals surface area contributed by atoms with Crippen LogP contribution in [0.25, 0.3) is 0 Å². The molecular formula is C15H14ClIN4O2. The van der Waals surface area contributed by atoms with E-state index in [1.54, 1.807) is 37.0 Å². The van der Waals surface area contributed by atoms with Crippen molar-refractivity contribution >= 4 is 45.8 Å². The fourth-order valence-electron chi connectivity index (χ4n) is 1.95. The van der Waals surface area contributed by atoms with E-state index in [0.29, 0.717) is 5.69 Å². The normalized spacial score (nSPS) is 11.0. The number of nitrogens with one attached hydrogen (secondary N) is 1. The van der Waals surface area contributed by atoms with Gasteiger partial charge in [-0.1, -0.05) is 11.6 Å². The molecule has 0 aliphatic rings. The number of amides is 1. The molecule has 1 aromatic carbocycles. The van der Waals surface area contributed by atoms with Crippen molar-refractivity contribution < 1.29 is 9.53 Å². The number of anilines is 1. The van der Waals surface area contributed by atoms with Gasteiger partial charge in [-0.25, -0.2) is 0 Å². The van der Waals surface area contributed by atoms with Crippen LogP contribution in [0.4, 0.5) is 5.69 Å². The lowest BCUT2D eigenvalue weighted by atomic mass is 10.0. The highest BCUT2D eigenvalue weighted by atomic mass is 127. The van der Waals surface area contributed by atoms with Gasteiger partial charge in [0.25, 0.3) is 5.91 Å². The molecule has 6 nitrogen and oxygen atoms in total. The second-order valence-corrected chi connectivity index (χ2v) is 6.92. The highest BCUT2D eigenvalue weighted by molar-refractivity contribution is 14.1. The van der Waals surface area contributed by atoms with Crippen molar-refractivity contribution in [3.05, 3.63) is 38.7 Å². The van der Waals surface area contributed by atoms with E-state index in [1.807, 2.05) is 6.07 Å². The number of hydrogen-bond acceptors (Lipinski definition) is 4. The van der Waals surface area contributed by atoms with E-state index in [4.69, 9.17) is 21.6 Å². The van der Waals surface area contributed by atoms with Gasteiger partial charge in [-0.3, -0.25) is 9.48 Å². The maximum atomic E-state index is 12.6. The summed E-state index contributed by atoms with van der Waals surface area (Å²) in [5, 5.41) is 16.4. The minimum absolute atomic E-state index is 0.252. The van der Waals surface area contributed by atoms with E-state index in [-0.39, 0.29) is 22.2 Å². The zero-order chi connectivity index (χ0) is 17.2. The Bertz CT molecular complexity index is 795. The smallest absolute Gasteiger partial charge is 0.251 e.